The van der Waals surface area contributed by atoms with Gasteiger partial charge in [-0.05, 0) is 18.6 Å². The third-order valence-electron chi connectivity index (χ3n) is 3.02. The second-order valence-corrected chi connectivity index (χ2v) is 5.79. The highest BCUT2D eigenvalue weighted by atomic mass is 32.1. The SMILES string of the molecule is Cc1nccc(NCc2csc(Cc3ccccc3)n2)n1.O=CO. The second kappa shape index (κ2) is 9.36. The fourth-order valence-electron chi connectivity index (χ4n) is 2.02. The summed E-state index contributed by atoms with van der Waals surface area (Å²) in [7, 11) is 0. The molecule has 2 heterocycles. The lowest BCUT2D eigenvalue weighted by Crippen LogP contribution is -2.03. The lowest BCUT2D eigenvalue weighted by atomic mass is 10.2. The van der Waals surface area contributed by atoms with Crippen molar-refractivity contribution >= 4 is 23.6 Å². The molecule has 0 spiro atoms. The van der Waals surface area contributed by atoms with E-state index in [1.54, 1.807) is 17.5 Å². The van der Waals surface area contributed by atoms with Crippen LogP contribution in [0.4, 0.5) is 5.82 Å². The summed E-state index contributed by atoms with van der Waals surface area (Å²) in [6.07, 6.45) is 2.64. The number of carbonyl (C=O) groups is 1. The van der Waals surface area contributed by atoms with Gasteiger partial charge in [-0.1, -0.05) is 30.3 Å². The first kappa shape index (κ1) is 17.6. The summed E-state index contributed by atoms with van der Waals surface area (Å²) >= 11 is 1.70. The minimum atomic E-state index is -0.250. The van der Waals surface area contributed by atoms with Crippen molar-refractivity contribution in [1.82, 2.24) is 15.0 Å². The largest absolute Gasteiger partial charge is 0.483 e. The molecule has 2 N–H and O–H groups in total. The van der Waals surface area contributed by atoms with E-state index in [9.17, 15) is 0 Å². The van der Waals surface area contributed by atoms with Crippen LogP contribution in [-0.4, -0.2) is 26.5 Å². The van der Waals surface area contributed by atoms with Gasteiger partial charge in [-0.3, -0.25) is 4.79 Å². The average Bonchev–Trinajstić information content (AvgIpc) is 3.02. The maximum absolute atomic E-state index is 8.36. The first-order valence-corrected chi connectivity index (χ1v) is 8.18. The van der Waals surface area contributed by atoms with Gasteiger partial charge in [0.1, 0.15) is 11.6 Å². The van der Waals surface area contributed by atoms with E-state index in [2.05, 4.69) is 49.9 Å². The molecule has 3 rings (SSSR count). The molecule has 6 nitrogen and oxygen atoms in total. The minimum absolute atomic E-state index is 0.250. The summed E-state index contributed by atoms with van der Waals surface area (Å²) in [4.78, 5) is 21.4. The number of benzene rings is 1. The molecule has 0 radical (unpaired) electrons. The molecule has 0 saturated heterocycles. The smallest absolute Gasteiger partial charge is 0.290 e. The summed E-state index contributed by atoms with van der Waals surface area (Å²) < 4.78 is 0. The van der Waals surface area contributed by atoms with Crippen LogP contribution in [0.2, 0.25) is 0 Å². The summed E-state index contributed by atoms with van der Waals surface area (Å²) in [5.74, 6) is 1.60. The summed E-state index contributed by atoms with van der Waals surface area (Å²) in [6.45, 7) is 2.31. The third-order valence-corrected chi connectivity index (χ3v) is 3.92. The van der Waals surface area contributed by atoms with Gasteiger partial charge in [-0.15, -0.1) is 11.3 Å². The van der Waals surface area contributed by atoms with Crippen LogP contribution in [0.1, 0.15) is 22.1 Å². The zero-order chi connectivity index (χ0) is 17.2. The predicted octanol–water partition coefficient (Wildman–Crippen LogP) is 3.15. The van der Waals surface area contributed by atoms with Gasteiger partial charge in [0.25, 0.3) is 6.47 Å². The molecule has 0 atom stereocenters. The van der Waals surface area contributed by atoms with Crippen LogP contribution in [0.15, 0.2) is 48.0 Å². The molecule has 0 bridgehead atoms. The monoisotopic (exact) mass is 342 g/mol. The van der Waals surface area contributed by atoms with Gasteiger partial charge in [0.15, 0.2) is 0 Å². The van der Waals surface area contributed by atoms with Gasteiger partial charge >= 0.3 is 0 Å². The molecule has 0 aliphatic carbocycles. The van der Waals surface area contributed by atoms with Crippen molar-refractivity contribution in [3.05, 3.63) is 70.1 Å². The van der Waals surface area contributed by atoms with Crippen molar-refractivity contribution in [3.8, 4) is 0 Å². The van der Waals surface area contributed by atoms with Gasteiger partial charge < -0.3 is 10.4 Å². The standard InChI is InChI=1S/C16H16N4S.CH2O2/c1-12-17-8-7-15(19-12)18-10-14-11-21-16(20-14)9-13-5-3-2-4-6-13;2-1-3/h2-8,11H,9-10H2,1H3,(H,17,18,19);1H,(H,2,3). The lowest BCUT2D eigenvalue weighted by Gasteiger charge is -2.03. The Labute approximate surface area is 144 Å². The first-order valence-electron chi connectivity index (χ1n) is 7.30. The van der Waals surface area contributed by atoms with Crippen molar-refractivity contribution in [3.63, 3.8) is 0 Å². The fourth-order valence-corrected chi connectivity index (χ4v) is 2.85. The molecule has 0 amide bonds. The van der Waals surface area contributed by atoms with Crippen molar-refractivity contribution < 1.29 is 9.90 Å². The van der Waals surface area contributed by atoms with Crippen molar-refractivity contribution in [1.29, 1.82) is 0 Å². The van der Waals surface area contributed by atoms with Crippen LogP contribution in [0.5, 0.6) is 0 Å². The highest BCUT2D eigenvalue weighted by Gasteiger charge is 2.04. The molecule has 24 heavy (non-hydrogen) atoms. The fraction of sp³-hybridized carbons (Fsp3) is 0.176. The molecule has 1 aromatic carbocycles. The second-order valence-electron chi connectivity index (χ2n) is 4.84. The molecular formula is C17H18N4O2S. The molecule has 0 unspecified atom stereocenters. The number of carboxylic acid groups (broad SMARTS) is 1. The maximum Gasteiger partial charge on any atom is 0.290 e. The summed E-state index contributed by atoms with van der Waals surface area (Å²) in [5, 5.41) is 13.4. The number of nitrogens with zero attached hydrogens (tertiary/aromatic N) is 3. The van der Waals surface area contributed by atoms with E-state index in [1.165, 1.54) is 5.56 Å². The topological polar surface area (TPSA) is 88.0 Å². The van der Waals surface area contributed by atoms with Gasteiger partial charge in [0.05, 0.1) is 17.2 Å². The summed E-state index contributed by atoms with van der Waals surface area (Å²) in [5.41, 5.74) is 2.33. The molecule has 0 saturated carbocycles. The van der Waals surface area contributed by atoms with Gasteiger partial charge in [-0.25, -0.2) is 15.0 Å². The van der Waals surface area contributed by atoms with Crippen molar-refractivity contribution in [2.45, 2.75) is 19.9 Å². The lowest BCUT2D eigenvalue weighted by molar-refractivity contribution is -0.122. The van der Waals surface area contributed by atoms with Crippen molar-refractivity contribution in [2.75, 3.05) is 5.32 Å². The zero-order valence-electron chi connectivity index (χ0n) is 13.2. The molecule has 3 aromatic rings. The number of aryl methyl sites for hydroxylation is 1. The number of hydrogen-bond acceptors (Lipinski definition) is 6. The molecule has 0 aliphatic rings. The highest BCUT2D eigenvalue weighted by Crippen LogP contribution is 2.15. The van der Waals surface area contributed by atoms with Crippen LogP contribution in [0.25, 0.3) is 0 Å². The number of aromatic nitrogens is 3. The van der Waals surface area contributed by atoms with E-state index < -0.39 is 0 Å². The Balaban J connectivity index is 0.000000647. The number of hydrogen-bond donors (Lipinski definition) is 2. The van der Waals surface area contributed by atoms with E-state index in [1.807, 2.05) is 19.1 Å². The van der Waals surface area contributed by atoms with E-state index in [4.69, 9.17) is 9.90 Å². The Kier molecular flexibility index (Phi) is 6.85. The molecule has 124 valence electrons. The van der Waals surface area contributed by atoms with Crippen LogP contribution < -0.4 is 5.32 Å². The number of rotatable bonds is 5. The van der Waals surface area contributed by atoms with Crippen LogP contribution in [0, 0.1) is 6.92 Å². The normalized spacial score (nSPS) is 9.71. The van der Waals surface area contributed by atoms with Crippen LogP contribution >= 0.6 is 11.3 Å². The Bertz CT molecular complexity index is 762. The van der Waals surface area contributed by atoms with E-state index in [-0.39, 0.29) is 6.47 Å². The van der Waals surface area contributed by atoms with E-state index >= 15 is 0 Å². The first-order chi connectivity index (χ1) is 11.7. The molecule has 0 aliphatic heterocycles. The maximum atomic E-state index is 8.36. The number of anilines is 1. The van der Waals surface area contributed by atoms with E-state index in [0.717, 1.165) is 28.8 Å². The van der Waals surface area contributed by atoms with Crippen LogP contribution in [0.3, 0.4) is 0 Å². The quantitative estimate of drug-likeness (QED) is 0.693. The van der Waals surface area contributed by atoms with Gasteiger partial charge in [-0.2, -0.15) is 0 Å². The van der Waals surface area contributed by atoms with Crippen LogP contribution in [-0.2, 0) is 17.8 Å². The Morgan fingerprint density at radius 1 is 1.21 bits per heavy atom. The highest BCUT2D eigenvalue weighted by molar-refractivity contribution is 7.09. The molecular weight excluding hydrogens is 324 g/mol. The van der Waals surface area contributed by atoms with Gasteiger partial charge in [0, 0.05) is 18.0 Å². The Morgan fingerprint density at radius 2 is 1.96 bits per heavy atom. The predicted molar refractivity (Wildman–Crippen MR) is 94.2 cm³/mol. The Hall–Kier alpha value is -2.80. The molecule has 2 aromatic heterocycles. The zero-order valence-corrected chi connectivity index (χ0v) is 14.0. The summed E-state index contributed by atoms with van der Waals surface area (Å²) in [6, 6.07) is 12.3. The Morgan fingerprint density at radius 3 is 2.67 bits per heavy atom. The number of nitrogens with one attached hydrogen (secondary N) is 1. The molecule has 7 heteroatoms. The van der Waals surface area contributed by atoms with E-state index in [0.29, 0.717) is 6.54 Å². The number of thiazole rings is 1. The third kappa shape index (κ3) is 5.77. The van der Waals surface area contributed by atoms with Crippen molar-refractivity contribution in [2.24, 2.45) is 0 Å². The van der Waals surface area contributed by atoms with Gasteiger partial charge in [0.2, 0.25) is 0 Å². The molecule has 0 fully saturated rings. The average molecular weight is 342 g/mol. The minimum Gasteiger partial charge on any atom is -0.483 e.